The number of Topliss-reactive ketones (excluding diaryl/α,β-unsaturated/α-hetero) is 1. The van der Waals surface area contributed by atoms with Crippen LogP contribution in [0.15, 0.2) is 66.9 Å². The van der Waals surface area contributed by atoms with E-state index >= 15 is 0 Å². The van der Waals surface area contributed by atoms with E-state index < -0.39 is 0 Å². The van der Waals surface area contributed by atoms with Crippen LogP contribution in [0.3, 0.4) is 0 Å². The van der Waals surface area contributed by atoms with E-state index in [1.807, 2.05) is 24.3 Å². The molecule has 0 aliphatic heterocycles. The lowest BCUT2D eigenvalue weighted by Crippen LogP contribution is -2.30. The minimum Gasteiger partial charge on any atom is -0.295 e. The summed E-state index contributed by atoms with van der Waals surface area (Å²) in [4.78, 5) is 35.7. The standard InChI is InChI=1S/C24H21N3O2S/c1-3-17-7-12-21-22(14-17)30-24(26-21)27(15-20-6-4-5-13-25-20)23(29)19-10-8-18(9-11-19)16(2)28/h4-14H,3,15H2,1-2H3. The van der Waals surface area contributed by atoms with Crippen LogP contribution in [0.4, 0.5) is 5.13 Å². The highest BCUT2D eigenvalue weighted by molar-refractivity contribution is 7.22. The van der Waals surface area contributed by atoms with Gasteiger partial charge in [-0.1, -0.05) is 42.5 Å². The number of nitrogens with zero attached hydrogens (tertiary/aromatic N) is 3. The molecule has 0 saturated heterocycles. The van der Waals surface area contributed by atoms with Crippen molar-refractivity contribution >= 4 is 38.4 Å². The molecule has 150 valence electrons. The lowest BCUT2D eigenvalue weighted by atomic mass is 10.1. The van der Waals surface area contributed by atoms with Gasteiger partial charge in [-0.05, 0) is 55.3 Å². The minimum atomic E-state index is -0.175. The Kier molecular flexibility index (Phi) is 5.68. The molecule has 0 atom stereocenters. The predicted molar refractivity (Wildman–Crippen MR) is 120 cm³/mol. The maximum Gasteiger partial charge on any atom is 0.260 e. The Morgan fingerprint density at radius 3 is 2.43 bits per heavy atom. The van der Waals surface area contributed by atoms with Gasteiger partial charge in [-0.2, -0.15) is 0 Å². The molecule has 2 aromatic heterocycles. The molecule has 4 rings (SSSR count). The van der Waals surface area contributed by atoms with E-state index in [2.05, 4.69) is 24.0 Å². The molecule has 0 spiro atoms. The number of amides is 1. The molecule has 0 saturated carbocycles. The van der Waals surface area contributed by atoms with Gasteiger partial charge in [-0.15, -0.1) is 0 Å². The van der Waals surface area contributed by atoms with Gasteiger partial charge >= 0.3 is 0 Å². The summed E-state index contributed by atoms with van der Waals surface area (Å²) in [6.07, 6.45) is 2.66. The molecule has 0 bridgehead atoms. The molecule has 0 aliphatic rings. The smallest absolute Gasteiger partial charge is 0.260 e. The summed E-state index contributed by atoms with van der Waals surface area (Å²) in [6.45, 7) is 3.94. The number of rotatable bonds is 6. The van der Waals surface area contributed by atoms with Crippen molar-refractivity contribution in [2.75, 3.05) is 4.90 Å². The van der Waals surface area contributed by atoms with E-state index in [9.17, 15) is 9.59 Å². The molecule has 5 nitrogen and oxygen atoms in total. The summed E-state index contributed by atoms with van der Waals surface area (Å²) in [5, 5.41) is 0.629. The number of carbonyl (C=O) groups excluding carboxylic acids is 2. The fourth-order valence-corrected chi connectivity index (χ4v) is 4.20. The van der Waals surface area contributed by atoms with Gasteiger partial charge in [0.1, 0.15) is 0 Å². The van der Waals surface area contributed by atoms with Crippen molar-refractivity contribution in [3.05, 3.63) is 89.2 Å². The monoisotopic (exact) mass is 415 g/mol. The van der Waals surface area contributed by atoms with Gasteiger partial charge in [0, 0.05) is 17.3 Å². The molecular formula is C24H21N3O2S. The Morgan fingerprint density at radius 2 is 1.77 bits per heavy atom. The maximum atomic E-state index is 13.4. The van der Waals surface area contributed by atoms with E-state index in [1.54, 1.807) is 35.4 Å². The van der Waals surface area contributed by atoms with Crippen molar-refractivity contribution in [1.82, 2.24) is 9.97 Å². The maximum absolute atomic E-state index is 13.4. The third kappa shape index (κ3) is 4.14. The number of aryl methyl sites for hydroxylation is 1. The first-order chi connectivity index (χ1) is 14.5. The predicted octanol–water partition coefficient (Wildman–Crippen LogP) is 5.30. The van der Waals surface area contributed by atoms with Crippen LogP contribution in [-0.4, -0.2) is 21.7 Å². The van der Waals surface area contributed by atoms with E-state index in [-0.39, 0.29) is 11.7 Å². The van der Waals surface area contributed by atoms with Crippen LogP contribution in [-0.2, 0) is 13.0 Å². The average Bonchev–Trinajstić information content (AvgIpc) is 3.20. The number of hydrogen-bond acceptors (Lipinski definition) is 5. The Bertz CT molecular complexity index is 1200. The summed E-state index contributed by atoms with van der Waals surface area (Å²) in [6, 6.07) is 18.6. The molecule has 0 radical (unpaired) electrons. The number of ketones is 1. The van der Waals surface area contributed by atoms with Crippen LogP contribution in [0.1, 0.15) is 45.8 Å². The molecule has 4 aromatic rings. The van der Waals surface area contributed by atoms with E-state index in [0.29, 0.717) is 22.8 Å². The zero-order valence-electron chi connectivity index (χ0n) is 16.8. The topological polar surface area (TPSA) is 63.2 Å². The van der Waals surface area contributed by atoms with Gasteiger partial charge in [0.25, 0.3) is 5.91 Å². The molecule has 6 heteroatoms. The number of fused-ring (bicyclic) bond motifs is 1. The van der Waals surface area contributed by atoms with E-state index in [0.717, 1.165) is 22.3 Å². The summed E-state index contributed by atoms with van der Waals surface area (Å²) >= 11 is 1.50. The summed E-state index contributed by atoms with van der Waals surface area (Å²) < 4.78 is 1.05. The first-order valence-electron chi connectivity index (χ1n) is 9.77. The van der Waals surface area contributed by atoms with Gasteiger partial charge < -0.3 is 0 Å². The number of hydrogen-bond donors (Lipinski definition) is 0. The molecule has 0 N–H and O–H groups in total. The quantitative estimate of drug-likeness (QED) is 0.401. The van der Waals surface area contributed by atoms with E-state index in [4.69, 9.17) is 4.98 Å². The Hall–Kier alpha value is -3.38. The first-order valence-corrected chi connectivity index (χ1v) is 10.6. The van der Waals surface area contributed by atoms with Crippen LogP contribution >= 0.6 is 11.3 Å². The lowest BCUT2D eigenvalue weighted by molar-refractivity contribution is 0.0980. The van der Waals surface area contributed by atoms with E-state index in [1.165, 1.54) is 23.8 Å². The van der Waals surface area contributed by atoms with Gasteiger partial charge in [0.05, 0.1) is 22.5 Å². The van der Waals surface area contributed by atoms with Crippen LogP contribution < -0.4 is 4.90 Å². The highest BCUT2D eigenvalue weighted by Gasteiger charge is 2.22. The molecule has 0 fully saturated rings. The Labute approximate surface area is 179 Å². The number of anilines is 1. The van der Waals surface area contributed by atoms with Crippen LogP contribution in [0.5, 0.6) is 0 Å². The molecule has 1 amide bonds. The highest BCUT2D eigenvalue weighted by atomic mass is 32.1. The van der Waals surface area contributed by atoms with Crippen LogP contribution in [0.25, 0.3) is 10.2 Å². The third-order valence-corrected chi connectivity index (χ3v) is 5.95. The van der Waals surface area contributed by atoms with Crippen molar-refractivity contribution < 1.29 is 9.59 Å². The summed E-state index contributed by atoms with van der Waals surface area (Å²) in [5.41, 5.74) is 3.97. The first kappa shape index (κ1) is 19.9. The second-order valence-corrected chi connectivity index (χ2v) is 8.01. The van der Waals surface area contributed by atoms with Crippen LogP contribution in [0, 0.1) is 0 Å². The number of thiazole rings is 1. The van der Waals surface area contributed by atoms with Gasteiger partial charge in [-0.3, -0.25) is 19.5 Å². The number of benzene rings is 2. The Morgan fingerprint density at radius 1 is 1.00 bits per heavy atom. The second-order valence-electron chi connectivity index (χ2n) is 7.00. The molecular weight excluding hydrogens is 394 g/mol. The van der Waals surface area contributed by atoms with Crippen LogP contribution in [0.2, 0.25) is 0 Å². The van der Waals surface area contributed by atoms with Gasteiger partial charge in [0.15, 0.2) is 10.9 Å². The highest BCUT2D eigenvalue weighted by Crippen LogP contribution is 2.31. The lowest BCUT2D eigenvalue weighted by Gasteiger charge is -2.19. The normalized spacial score (nSPS) is 10.9. The fourth-order valence-electron chi connectivity index (χ4n) is 3.18. The number of aromatic nitrogens is 2. The fraction of sp³-hybridized carbons (Fsp3) is 0.167. The second kappa shape index (κ2) is 8.55. The summed E-state index contributed by atoms with van der Waals surface area (Å²) in [5.74, 6) is -0.206. The van der Waals surface area contributed by atoms with Crippen molar-refractivity contribution in [2.24, 2.45) is 0 Å². The molecule has 2 heterocycles. The molecule has 2 aromatic carbocycles. The third-order valence-electron chi connectivity index (χ3n) is 4.91. The molecule has 30 heavy (non-hydrogen) atoms. The largest absolute Gasteiger partial charge is 0.295 e. The van der Waals surface area contributed by atoms with Crippen molar-refractivity contribution in [3.8, 4) is 0 Å². The molecule has 0 unspecified atom stereocenters. The average molecular weight is 416 g/mol. The van der Waals surface area contributed by atoms with Crippen molar-refractivity contribution in [1.29, 1.82) is 0 Å². The molecule has 0 aliphatic carbocycles. The van der Waals surface area contributed by atoms with Gasteiger partial charge in [-0.25, -0.2) is 4.98 Å². The zero-order valence-corrected chi connectivity index (χ0v) is 17.6. The van der Waals surface area contributed by atoms with Crippen molar-refractivity contribution in [2.45, 2.75) is 26.8 Å². The number of pyridine rings is 1. The Balaban J connectivity index is 1.74. The minimum absolute atomic E-state index is 0.0303. The summed E-state index contributed by atoms with van der Waals surface area (Å²) in [7, 11) is 0. The SMILES string of the molecule is CCc1ccc2nc(N(Cc3ccccn3)C(=O)c3ccc(C(C)=O)cc3)sc2c1. The zero-order chi connectivity index (χ0) is 21.1. The number of carbonyl (C=O) groups is 2. The van der Waals surface area contributed by atoms with Gasteiger partial charge in [0.2, 0.25) is 0 Å². The van der Waals surface area contributed by atoms with Crippen molar-refractivity contribution in [3.63, 3.8) is 0 Å².